The number of halogens is 1. The summed E-state index contributed by atoms with van der Waals surface area (Å²) in [5.41, 5.74) is 5.77. The normalized spacial score (nSPS) is 14.6. The summed E-state index contributed by atoms with van der Waals surface area (Å²) >= 11 is 3.39. The highest BCUT2D eigenvalue weighted by molar-refractivity contribution is 9.10. The van der Waals surface area contributed by atoms with Crippen molar-refractivity contribution in [2.24, 2.45) is 5.73 Å². The first-order valence-electron chi connectivity index (χ1n) is 5.75. The molecule has 0 aromatic heterocycles. The van der Waals surface area contributed by atoms with Crippen LogP contribution in [0.15, 0.2) is 28.7 Å². The fourth-order valence-corrected chi connectivity index (χ4v) is 2.16. The van der Waals surface area contributed by atoms with E-state index >= 15 is 0 Å². The van der Waals surface area contributed by atoms with Gasteiger partial charge in [-0.25, -0.2) is 0 Å². The summed E-state index contributed by atoms with van der Waals surface area (Å²) in [6, 6.07) is 7.97. The van der Waals surface area contributed by atoms with Crippen molar-refractivity contribution in [3.63, 3.8) is 0 Å². The number of rotatable bonds is 7. The van der Waals surface area contributed by atoms with Gasteiger partial charge in [-0.05, 0) is 37.1 Å². The molecule has 1 aromatic carbocycles. The van der Waals surface area contributed by atoms with E-state index in [4.69, 9.17) is 10.5 Å². The SMILES string of the molecule is COCC(O)(CCCN)Cc1ccc(Br)cc1. The van der Waals surface area contributed by atoms with E-state index < -0.39 is 5.60 Å². The maximum absolute atomic E-state index is 10.5. The Kier molecular flexibility index (Phi) is 6.12. The van der Waals surface area contributed by atoms with Gasteiger partial charge < -0.3 is 15.6 Å². The zero-order valence-electron chi connectivity index (χ0n) is 10.2. The zero-order valence-corrected chi connectivity index (χ0v) is 11.7. The van der Waals surface area contributed by atoms with Gasteiger partial charge in [0, 0.05) is 18.0 Å². The smallest absolute Gasteiger partial charge is 0.0920 e. The molecule has 0 bridgehead atoms. The van der Waals surface area contributed by atoms with Crippen molar-refractivity contribution in [2.75, 3.05) is 20.3 Å². The highest BCUT2D eigenvalue weighted by Crippen LogP contribution is 2.21. The van der Waals surface area contributed by atoms with Gasteiger partial charge in [0.15, 0.2) is 0 Å². The maximum Gasteiger partial charge on any atom is 0.0920 e. The minimum Gasteiger partial charge on any atom is -0.387 e. The van der Waals surface area contributed by atoms with Crippen LogP contribution in [-0.2, 0) is 11.2 Å². The Hall–Kier alpha value is -0.420. The molecule has 0 aliphatic heterocycles. The molecule has 0 spiro atoms. The first-order valence-corrected chi connectivity index (χ1v) is 6.55. The average Bonchev–Trinajstić information content (AvgIpc) is 2.30. The molecule has 0 amide bonds. The third-order valence-corrected chi connectivity index (χ3v) is 3.23. The van der Waals surface area contributed by atoms with Crippen LogP contribution in [0, 0.1) is 0 Å². The maximum atomic E-state index is 10.5. The number of aliphatic hydroxyl groups is 1. The summed E-state index contributed by atoms with van der Waals surface area (Å²) in [6.07, 6.45) is 2.05. The van der Waals surface area contributed by atoms with Gasteiger partial charge in [-0.2, -0.15) is 0 Å². The van der Waals surface area contributed by atoms with E-state index in [0.717, 1.165) is 16.5 Å². The van der Waals surface area contributed by atoms with Crippen molar-refractivity contribution in [3.05, 3.63) is 34.3 Å². The molecule has 0 aliphatic rings. The molecule has 0 fully saturated rings. The molecule has 0 saturated heterocycles. The predicted octanol–water partition coefficient (Wildman–Crippen LogP) is 2.11. The van der Waals surface area contributed by atoms with E-state index in [0.29, 0.717) is 26.0 Å². The second-order valence-corrected chi connectivity index (χ2v) is 5.27. The number of hydrogen-bond acceptors (Lipinski definition) is 3. The minimum absolute atomic E-state index is 0.336. The van der Waals surface area contributed by atoms with Gasteiger partial charge in [0.25, 0.3) is 0 Å². The molecule has 96 valence electrons. The largest absolute Gasteiger partial charge is 0.387 e. The van der Waals surface area contributed by atoms with E-state index in [1.807, 2.05) is 24.3 Å². The summed E-state index contributed by atoms with van der Waals surface area (Å²) in [7, 11) is 1.61. The highest BCUT2D eigenvalue weighted by Gasteiger charge is 2.26. The van der Waals surface area contributed by atoms with Gasteiger partial charge in [-0.3, -0.25) is 0 Å². The monoisotopic (exact) mass is 301 g/mol. The Labute approximate surface area is 111 Å². The highest BCUT2D eigenvalue weighted by atomic mass is 79.9. The lowest BCUT2D eigenvalue weighted by Crippen LogP contribution is -2.37. The standard InChI is InChI=1S/C13H20BrNO2/c1-17-10-13(16,7-2-8-15)9-11-3-5-12(14)6-4-11/h3-6,16H,2,7-10,15H2,1H3. The molecule has 0 saturated carbocycles. The molecule has 17 heavy (non-hydrogen) atoms. The van der Waals surface area contributed by atoms with Crippen molar-refractivity contribution >= 4 is 15.9 Å². The number of ether oxygens (including phenoxy) is 1. The zero-order chi connectivity index (χ0) is 12.7. The molecule has 1 atom stereocenters. The molecule has 1 unspecified atom stereocenters. The van der Waals surface area contributed by atoms with Crippen LogP contribution in [0.3, 0.4) is 0 Å². The van der Waals surface area contributed by atoms with Crippen LogP contribution >= 0.6 is 15.9 Å². The Bertz CT molecular complexity index is 329. The lowest BCUT2D eigenvalue weighted by atomic mass is 9.90. The molecular formula is C13H20BrNO2. The summed E-state index contributed by atoms with van der Waals surface area (Å²) in [5, 5.41) is 10.5. The van der Waals surface area contributed by atoms with Crippen LogP contribution in [0.2, 0.25) is 0 Å². The van der Waals surface area contributed by atoms with Crippen molar-refractivity contribution < 1.29 is 9.84 Å². The lowest BCUT2D eigenvalue weighted by Gasteiger charge is -2.27. The van der Waals surface area contributed by atoms with Gasteiger partial charge in [-0.15, -0.1) is 0 Å². The van der Waals surface area contributed by atoms with E-state index in [-0.39, 0.29) is 0 Å². The number of hydrogen-bond donors (Lipinski definition) is 2. The van der Waals surface area contributed by atoms with Crippen LogP contribution in [-0.4, -0.2) is 31.0 Å². The third-order valence-electron chi connectivity index (χ3n) is 2.71. The first-order chi connectivity index (χ1) is 8.09. The van der Waals surface area contributed by atoms with Crippen molar-refractivity contribution in [1.82, 2.24) is 0 Å². The molecule has 1 aromatic rings. The van der Waals surface area contributed by atoms with Crippen molar-refractivity contribution in [1.29, 1.82) is 0 Å². The summed E-state index contributed by atoms with van der Waals surface area (Å²) < 4.78 is 6.14. The van der Waals surface area contributed by atoms with Crippen LogP contribution in [0.4, 0.5) is 0 Å². The molecular weight excluding hydrogens is 282 g/mol. The first kappa shape index (κ1) is 14.6. The Morgan fingerprint density at radius 3 is 2.53 bits per heavy atom. The van der Waals surface area contributed by atoms with Crippen LogP contribution in [0.5, 0.6) is 0 Å². The predicted molar refractivity (Wildman–Crippen MR) is 73.0 cm³/mol. The Morgan fingerprint density at radius 1 is 1.35 bits per heavy atom. The Balaban J connectivity index is 2.67. The van der Waals surface area contributed by atoms with E-state index in [1.165, 1.54) is 0 Å². The molecule has 3 N–H and O–H groups in total. The Morgan fingerprint density at radius 2 is 2.00 bits per heavy atom. The van der Waals surface area contributed by atoms with Gasteiger partial charge in [-0.1, -0.05) is 28.1 Å². The topological polar surface area (TPSA) is 55.5 Å². The van der Waals surface area contributed by atoms with Crippen molar-refractivity contribution in [3.8, 4) is 0 Å². The molecule has 4 heteroatoms. The summed E-state index contributed by atoms with van der Waals surface area (Å²) in [4.78, 5) is 0. The minimum atomic E-state index is -0.818. The number of methoxy groups -OCH3 is 1. The molecule has 0 radical (unpaired) electrons. The van der Waals surface area contributed by atoms with E-state index in [1.54, 1.807) is 7.11 Å². The molecule has 0 aliphatic carbocycles. The van der Waals surface area contributed by atoms with Crippen LogP contribution in [0.1, 0.15) is 18.4 Å². The van der Waals surface area contributed by atoms with Crippen LogP contribution in [0.25, 0.3) is 0 Å². The quantitative estimate of drug-likeness (QED) is 0.811. The van der Waals surface area contributed by atoms with Crippen molar-refractivity contribution in [2.45, 2.75) is 24.9 Å². The van der Waals surface area contributed by atoms with E-state index in [9.17, 15) is 5.11 Å². The molecule has 3 nitrogen and oxygen atoms in total. The lowest BCUT2D eigenvalue weighted by molar-refractivity contribution is -0.0375. The molecule has 1 rings (SSSR count). The molecule has 0 heterocycles. The summed E-state index contributed by atoms with van der Waals surface area (Å²) in [6.45, 7) is 0.926. The fourth-order valence-electron chi connectivity index (χ4n) is 1.89. The number of nitrogens with two attached hydrogens (primary N) is 1. The van der Waals surface area contributed by atoms with Gasteiger partial charge >= 0.3 is 0 Å². The second kappa shape index (κ2) is 7.11. The second-order valence-electron chi connectivity index (χ2n) is 4.35. The summed E-state index contributed by atoms with van der Waals surface area (Å²) in [5.74, 6) is 0. The van der Waals surface area contributed by atoms with Gasteiger partial charge in [0.05, 0.1) is 12.2 Å². The van der Waals surface area contributed by atoms with Crippen LogP contribution < -0.4 is 5.73 Å². The average molecular weight is 302 g/mol. The van der Waals surface area contributed by atoms with Gasteiger partial charge in [0.1, 0.15) is 0 Å². The number of benzene rings is 1. The van der Waals surface area contributed by atoms with E-state index in [2.05, 4.69) is 15.9 Å². The third kappa shape index (κ3) is 5.17. The van der Waals surface area contributed by atoms with Gasteiger partial charge in [0.2, 0.25) is 0 Å². The fraction of sp³-hybridized carbons (Fsp3) is 0.538.